The molecule has 1 atom stereocenters. The summed E-state index contributed by atoms with van der Waals surface area (Å²) in [6.45, 7) is 1.73. The summed E-state index contributed by atoms with van der Waals surface area (Å²) >= 11 is 0. The second-order valence-corrected chi connectivity index (χ2v) is 7.12. The van der Waals surface area contributed by atoms with Crippen LogP contribution >= 0.6 is 0 Å². The zero-order valence-electron chi connectivity index (χ0n) is 16.4. The maximum Gasteiger partial charge on any atom is 0.420 e. The fourth-order valence-electron chi connectivity index (χ4n) is 3.99. The number of amides is 2. The molecule has 2 aromatic rings. The van der Waals surface area contributed by atoms with Crippen LogP contribution in [-0.2, 0) is 15.1 Å². The number of fused-ring (bicyclic) bond motifs is 3. The molecule has 0 bridgehead atoms. The number of methoxy groups -OCH3 is 1. The van der Waals surface area contributed by atoms with Crippen molar-refractivity contribution in [2.45, 2.75) is 18.6 Å². The number of hydrogen-bond donors (Lipinski definition) is 1. The zero-order chi connectivity index (χ0) is 21.8. The molecule has 0 aliphatic carbocycles. The van der Waals surface area contributed by atoms with E-state index in [9.17, 15) is 22.8 Å². The van der Waals surface area contributed by atoms with Crippen LogP contribution < -0.4 is 15.1 Å². The summed E-state index contributed by atoms with van der Waals surface area (Å²) < 4.78 is 48.9. The highest BCUT2D eigenvalue weighted by molar-refractivity contribution is 6.10. The number of para-hydroxylation sites is 2. The first-order valence-electron chi connectivity index (χ1n) is 9.05. The minimum atomic E-state index is -5.03. The largest absolute Gasteiger partial charge is 0.465 e. The molecule has 156 valence electrons. The highest BCUT2D eigenvalue weighted by Crippen LogP contribution is 2.53. The second-order valence-electron chi connectivity index (χ2n) is 7.12. The Balaban J connectivity index is 2.11. The van der Waals surface area contributed by atoms with E-state index in [1.165, 1.54) is 36.2 Å². The smallest absolute Gasteiger partial charge is 0.420 e. The summed E-state index contributed by atoms with van der Waals surface area (Å²) in [5, 5.41) is 2.08. The minimum Gasteiger partial charge on any atom is -0.465 e. The molecule has 0 radical (unpaired) electrons. The molecule has 2 aliphatic rings. The van der Waals surface area contributed by atoms with Gasteiger partial charge in [-0.1, -0.05) is 42.0 Å². The number of nitrogens with zero attached hydrogens (tertiary/aromatic N) is 2. The number of anilines is 2. The predicted octanol–water partition coefficient (Wildman–Crippen LogP) is 3.82. The lowest BCUT2D eigenvalue weighted by Gasteiger charge is -2.44. The molecule has 1 unspecified atom stereocenters. The number of urea groups is 1. The highest BCUT2D eigenvalue weighted by atomic mass is 19.4. The molecular formula is C21H18F3N3O3. The summed E-state index contributed by atoms with van der Waals surface area (Å²) in [5.41, 5.74) is -2.48. The molecule has 6 nitrogen and oxygen atoms in total. The normalized spacial score (nSPS) is 20.7. The van der Waals surface area contributed by atoms with Gasteiger partial charge in [-0.25, -0.2) is 14.5 Å². The Morgan fingerprint density at radius 3 is 2.23 bits per heavy atom. The standard InChI is InChI=1S/C21H18F3N3O3/c1-12-8-10-13(11-9-12)20(21(22,23)24)16(18(28)30-3)17-26(2)14-6-4-5-7-15(14)27(17)19(29)25-20/h4-11H,1-3H3,(H,25,29). The van der Waals surface area contributed by atoms with Crippen LogP contribution in [0.1, 0.15) is 11.1 Å². The number of hydrogen-bond acceptors (Lipinski definition) is 4. The van der Waals surface area contributed by atoms with E-state index in [4.69, 9.17) is 4.74 Å². The Bertz CT molecular complexity index is 1080. The van der Waals surface area contributed by atoms with Gasteiger partial charge in [0.2, 0.25) is 0 Å². The number of aryl methyl sites for hydroxylation is 1. The molecule has 0 saturated heterocycles. The van der Waals surface area contributed by atoms with Crippen LogP contribution in [0, 0.1) is 6.92 Å². The van der Waals surface area contributed by atoms with E-state index < -0.39 is 29.3 Å². The predicted molar refractivity (Wildman–Crippen MR) is 104 cm³/mol. The van der Waals surface area contributed by atoms with Gasteiger partial charge in [0.15, 0.2) is 5.54 Å². The number of carbonyl (C=O) groups is 2. The third-order valence-electron chi connectivity index (χ3n) is 5.41. The van der Waals surface area contributed by atoms with Gasteiger partial charge in [0.05, 0.1) is 18.5 Å². The van der Waals surface area contributed by atoms with Crippen molar-refractivity contribution in [3.63, 3.8) is 0 Å². The van der Waals surface area contributed by atoms with Gasteiger partial charge in [-0.15, -0.1) is 0 Å². The highest BCUT2D eigenvalue weighted by Gasteiger charge is 2.66. The van der Waals surface area contributed by atoms with Gasteiger partial charge in [-0.3, -0.25) is 0 Å². The fourth-order valence-corrected chi connectivity index (χ4v) is 3.99. The summed E-state index contributed by atoms with van der Waals surface area (Å²) in [5.74, 6) is -1.38. The van der Waals surface area contributed by atoms with Crippen molar-refractivity contribution < 1.29 is 27.5 Å². The molecule has 2 aliphatic heterocycles. The van der Waals surface area contributed by atoms with Crippen LogP contribution in [0.2, 0.25) is 0 Å². The molecule has 9 heteroatoms. The Morgan fingerprint density at radius 1 is 1.07 bits per heavy atom. The van der Waals surface area contributed by atoms with E-state index in [0.717, 1.165) is 17.6 Å². The van der Waals surface area contributed by atoms with Crippen molar-refractivity contribution in [2.24, 2.45) is 0 Å². The first kappa shape index (κ1) is 19.8. The summed E-state index contributed by atoms with van der Waals surface area (Å²) in [7, 11) is 2.51. The van der Waals surface area contributed by atoms with Gasteiger partial charge < -0.3 is 15.0 Å². The third-order valence-corrected chi connectivity index (χ3v) is 5.41. The average molecular weight is 417 g/mol. The summed E-state index contributed by atoms with van der Waals surface area (Å²) in [6.07, 6.45) is -5.03. The molecule has 0 fully saturated rings. The quantitative estimate of drug-likeness (QED) is 0.755. The molecule has 2 heterocycles. The molecule has 4 rings (SSSR count). The van der Waals surface area contributed by atoms with Crippen LogP contribution in [0.25, 0.3) is 0 Å². The van der Waals surface area contributed by atoms with E-state index in [0.29, 0.717) is 11.4 Å². The molecule has 0 spiro atoms. The minimum absolute atomic E-state index is 0.190. The van der Waals surface area contributed by atoms with Crippen molar-refractivity contribution in [2.75, 3.05) is 24.0 Å². The molecule has 0 aromatic heterocycles. The Labute approximate surface area is 170 Å². The number of rotatable bonds is 2. The molecule has 2 aromatic carbocycles. The van der Waals surface area contributed by atoms with Gasteiger partial charge in [0.1, 0.15) is 11.4 Å². The number of halogens is 3. The molecule has 1 N–H and O–H groups in total. The lowest BCUT2D eigenvalue weighted by Crippen LogP contribution is -2.65. The van der Waals surface area contributed by atoms with Gasteiger partial charge in [0.25, 0.3) is 0 Å². The molecule has 30 heavy (non-hydrogen) atoms. The van der Waals surface area contributed by atoms with Crippen molar-refractivity contribution in [3.05, 3.63) is 71.1 Å². The number of alkyl halides is 3. The first-order chi connectivity index (χ1) is 14.1. The number of ether oxygens (including phenoxy) is 1. The van der Waals surface area contributed by atoms with Crippen molar-refractivity contribution >= 4 is 23.4 Å². The van der Waals surface area contributed by atoms with E-state index in [1.807, 2.05) is 0 Å². The zero-order valence-corrected chi connectivity index (χ0v) is 16.4. The van der Waals surface area contributed by atoms with Crippen LogP contribution in [-0.4, -0.2) is 32.3 Å². The lowest BCUT2D eigenvalue weighted by molar-refractivity contribution is -0.190. The first-order valence-corrected chi connectivity index (χ1v) is 9.05. The SMILES string of the molecule is COC(=O)C1=C2N(C)c3ccccc3N2C(=O)NC1(c1ccc(C)cc1)C(F)(F)F. The maximum atomic E-state index is 14.7. The van der Waals surface area contributed by atoms with Gasteiger partial charge in [-0.05, 0) is 24.6 Å². The topological polar surface area (TPSA) is 61.9 Å². The van der Waals surface area contributed by atoms with Crippen molar-refractivity contribution in [1.82, 2.24) is 5.32 Å². The van der Waals surface area contributed by atoms with Crippen LogP contribution in [0.3, 0.4) is 0 Å². The van der Waals surface area contributed by atoms with E-state index in [-0.39, 0.29) is 11.4 Å². The van der Waals surface area contributed by atoms with Gasteiger partial charge in [-0.2, -0.15) is 13.2 Å². The van der Waals surface area contributed by atoms with Crippen LogP contribution in [0.15, 0.2) is 59.9 Å². The van der Waals surface area contributed by atoms with Gasteiger partial charge in [0, 0.05) is 7.05 Å². The monoisotopic (exact) mass is 417 g/mol. The second kappa shape index (κ2) is 6.51. The lowest BCUT2D eigenvalue weighted by atomic mass is 9.79. The molecular weight excluding hydrogens is 399 g/mol. The maximum absolute atomic E-state index is 14.7. The van der Waals surface area contributed by atoms with Crippen LogP contribution in [0.5, 0.6) is 0 Å². The number of esters is 1. The molecule has 2 amide bonds. The number of nitrogens with one attached hydrogen (secondary N) is 1. The van der Waals surface area contributed by atoms with Crippen LogP contribution in [0.4, 0.5) is 29.3 Å². The fraction of sp³-hybridized carbons (Fsp3) is 0.238. The summed E-state index contributed by atoms with van der Waals surface area (Å²) in [6, 6.07) is 11.1. The average Bonchev–Trinajstić information content (AvgIpc) is 3.00. The van der Waals surface area contributed by atoms with Crippen molar-refractivity contribution in [1.29, 1.82) is 0 Å². The van der Waals surface area contributed by atoms with Gasteiger partial charge >= 0.3 is 18.2 Å². The van der Waals surface area contributed by atoms with Crippen molar-refractivity contribution in [3.8, 4) is 0 Å². The Hall–Kier alpha value is -3.49. The van der Waals surface area contributed by atoms with E-state index >= 15 is 0 Å². The molecule has 0 saturated carbocycles. The Kier molecular flexibility index (Phi) is 4.30. The number of benzene rings is 2. The van der Waals surface area contributed by atoms with E-state index in [2.05, 4.69) is 5.32 Å². The Morgan fingerprint density at radius 2 is 1.67 bits per heavy atom. The third kappa shape index (κ3) is 2.51. The summed E-state index contributed by atoms with van der Waals surface area (Å²) in [4.78, 5) is 28.3. The van der Waals surface area contributed by atoms with E-state index in [1.54, 1.807) is 31.2 Å². The number of carbonyl (C=O) groups excluding carboxylic acids is 2.